The number of carbonyl (C=O) groups excluding carboxylic acids is 1. The number of aryl methyl sites for hydroxylation is 1. The van der Waals surface area contributed by atoms with Crippen molar-refractivity contribution in [1.82, 2.24) is 19.5 Å². The average molecular weight is 441 g/mol. The predicted octanol–water partition coefficient (Wildman–Crippen LogP) is 2.89. The number of rotatable bonds is 7. The third-order valence-electron chi connectivity index (χ3n) is 4.27. The van der Waals surface area contributed by atoms with Crippen molar-refractivity contribution in [3.05, 3.63) is 69.9 Å². The van der Waals surface area contributed by atoms with E-state index in [9.17, 15) is 9.59 Å². The molecule has 0 spiro atoms. The van der Waals surface area contributed by atoms with Gasteiger partial charge in [0, 0.05) is 17.3 Å². The maximum atomic E-state index is 12.2. The lowest BCUT2D eigenvalue weighted by molar-refractivity contribution is -0.145. The van der Waals surface area contributed by atoms with Crippen molar-refractivity contribution in [2.45, 2.75) is 19.6 Å². The Morgan fingerprint density at radius 3 is 2.71 bits per heavy atom. The highest BCUT2D eigenvalue weighted by Gasteiger charge is 2.12. The number of nitrogen functional groups attached to an aromatic ring is 1. The molecular weight excluding hydrogens is 424 g/mol. The third-order valence-corrected chi connectivity index (χ3v) is 4.53. The molecular formula is C20H17ClN6O4. The number of carbonyl (C=O) groups is 1. The molecule has 0 aliphatic heterocycles. The fourth-order valence-corrected chi connectivity index (χ4v) is 2.99. The van der Waals surface area contributed by atoms with Gasteiger partial charge in [0.15, 0.2) is 18.0 Å². The van der Waals surface area contributed by atoms with E-state index in [-0.39, 0.29) is 37.3 Å². The number of esters is 1. The van der Waals surface area contributed by atoms with Gasteiger partial charge in [-0.1, -0.05) is 23.7 Å². The molecule has 4 rings (SSSR count). The number of halogens is 1. The number of fused-ring (bicyclic) bond motifs is 1. The number of benzene rings is 2. The maximum Gasteiger partial charge on any atom is 0.419 e. The number of ether oxygens (including phenoxy) is 1. The monoisotopic (exact) mass is 440 g/mol. The molecule has 2 aromatic carbocycles. The molecule has 0 aliphatic carbocycles. The average Bonchev–Trinajstić information content (AvgIpc) is 3.07. The van der Waals surface area contributed by atoms with Crippen molar-refractivity contribution in [3.8, 4) is 0 Å². The molecule has 158 valence electrons. The van der Waals surface area contributed by atoms with Gasteiger partial charge in [-0.15, -0.1) is 0 Å². The van der Waals surface area contributed by atoms with Gasteiger partial charge >= 0.3 is 11.7 Å². The van der Waals surface area contributed by atoms with Crippen LogP contribution in [-0.2, 0) is 22.7 Å². The number of oxazole rings is 1. The first kappa shape index (κ1) is 20.4. The number of aromatic nitrogens is 4. The summed E-state index contributed by atoms with van der Waals surface area (Å²) in [4.78, 5) is 36.3. The third kappa shape index (κ3) is 4.98. The van der Waals surface area contributed by atoms with E-state index in [1.807, 2.05) is 0 Å². The Labute approximate surface area is 180 Å². The van der Waals surface area contributed by atoms with Crippen molar-refractivity contribution < 1.29 is 13.9 Å². The normalized spacial score (nSPS) is 10.9. The number of para-hydroxylation sites is 2. The molecule has 0 unspecified atom stereocenters. The van der Waals surface area contributed by atoms with Crippen LogP contribution in [-0.4, -0.2) is 25.5 Å². The molecule has 0 atom stereocenters. The number of nitrogens with two attached hydrogens (primary N) is 1. The zero-order valence-electron chi connectivity index (χ0n) is 16.1. The summed E-state index contributed by atoms with van der Waals surface area (Å²) in [6.45, 7) is -0.0702. The highest BCUT2D eigenvalue weighted by atomic mass is 35.5. The summed E-state index contributed by atoms with van der Waals surface area (Å²) in [6, 6.07) is 13.9. The summed E-state index contributed by atoms with van der Waals surface area (Å²) in [5.41, 5.74) is 7.50. The lowest BCUT2D eigenvalue weighted by atomic mass is 10.3. The molecule has 0 saturated heterocycles. The van der Waals surface area contributed by atoms with Crippen LogP contribution in [0, 0.1) is 0 Å². The molecule has 0 bridgehead atoms. The van der Waals surface area contributed by atoms with Crippen LogP contribution in [0.3, 0.4) is 0 Å². The summed E-state index contributed by atoms with van der Waals surface area (Å²) < 4.78 is 11.7. The Kier molecular flexibility index (Phi) is 5.80. The van der Waals surface area contributed by atoms with Crippen LogP contribution in [0.5, 0.6) is 0 Å². The Balaban J connectivity index is 1.36. The lowest BCUT2D eigenvalue weighted by Crippen LogP contribution is -2.18. The molecule has 31 heavy (non-hydrogen) atoms. The molecule has 4 aromatic rings. The Morgan fingerprint density at radius 1 is 1.13 bits per heavy atom. The minimum atomic E-state index is -0.530. The van der Waals surface area contributed by atoms with E-state index < -0.39 is 11.7 Å². The van der Waals surface area contributed by atoms with Crippen molar-refractivity contribution in [2.24, 2.45) is 0 Å². The van der Waals surface area contributed by atoms with Gasteiger partial charge < -0.3 is 20.2 Å². The summed E-state index contributed by atoms with van der Waals surface area (Å²) in [6.07, 6.45) is -0.0279. The molecule has 0 aliphatic rings. The van der Waals surface area contributed by atoms with E-state index in [0.717, 1.165) is 0 Å². The van der Waals surface area contributed by atoms with E-state index in [0.29, 0.717) is 21.8 Å². The molecule has 0 fully saturated rings. The minimum absolute atomic E-state index is 0.0195. The van der Waals surface area contributed by atoms with Gasteiger partial charge in [-0.25, -0.2) is 4.79 Å². The summed E-state index contributed by atoms with van der Waals surface area (Å²) in [7, 11) is 0. The molecule has 0 radical (unpaired) electrons. The second-order valence-corrected chi connectivity index (χ2v) is 6.90. The van der Waals surface area contributed by atoms with Crippen LogP contribution in [0.4, 0.5) is 17.6 Å². The summed E-state index contributed by atoms with van der Waals surface area (Å²) in [5.74, 6) is -0.685. The topological polar surface area (TPSA) is 138 Å². The van der Waals surface area contributed by atoms with Gasteiger partial charge in [0.1, 0.15) is 0 Å². The number of anilines is 3. The fourth-order valence-electron chi connectivity index (χ4n) is 2.87. The quantitative estimate of drug-likeness (QED) is 0.415. The molecule has 2 heterocycles. The first-order valence-electron chi connectivity index (χ1n) is 9.25. The van der Waals surface area contributed by atoms with Gasteiger partial charge in [0.25, 0.3) is 0 Å². The van der Waals surface area contributed by atoms with E-state index >= 15 is 0 Å². The standard InChI is InChI=1S/C20H17ClN6O4/c21-12-5-7-13(8-6-12)23-19-25-16(24-18(22)26-19)11-30-17(28)9-10-27-14-3-1-2-4-15(14)31-20(27)29/h1-8H,9-11H2,(H3,22,23,24,25,26). The minimum Gasteiger partial charge on any atom is -0.457 e. The summed E-state index contributed by atoms with van der Waals surface area (Å²) in [5, 5.41) is 3.57. The van der Waals surface area contributed by atoms with Crippen LogP contribution in [0.25, 0.3) is 11.1 Å². The van der Waals surface area contributed by atoms with Gasteiger partial charge in [0.2, 0.25) is 11.9 Å². The predicted molar refractivity (Wildman–Crippen MR) is 114 cm³/mol. The van der Waals surface area contributed by atoms with Crippen molar-refractivity contribution >= 4 is 46.3 Å². The largest absolute Gasteiger partial charge is 0.457 e. The Morgan fingerprint density at radius 2 is 1.90 bits per heavy atom. The zero-order valence-corrected chi connectivity index (χ0v) is 16.9. The zero-order chi connectivity index (χ0) is 21.8. The Bertz CT molecular complexity index is 1290. The molecule has 11 heteroatoms. The smallest absolute Gasteiger partial charge is 0.419 e. The number of hydrogen-bond acceptors (Lipinski definition) is 9. The molecule has 2 aromatic heterocycles. The number of nitrogens with one attached hydrogen (secondary N) is 1. The van der Waals surface area contributed by atoms with Crippen LogP contribution in [0.1, 0.15) is 12.2 Å². The first-order chi connectivity index (χ1) is 15.0. The maximum absolute atomic E-state index is 12.2. The number of hydrogen-bond donors (Lipinski definition) is 2. The first-order valence-corrected chi connectivity index (χ1v) is 9.63. The van der Waals surface area contributed by atoms with Crippen molar-refractivity contribution in [3.63, 3.8) is 0 Å². The molecule has 0 saturated carbocycles. The fraction of sp³-hybridized carbons (Fsp3) is 0.150. The van der Waals surface area contributed by atoms with E-state index in [2.05, 4.69) is 20.3 Å². The highest BCUT2D eigenvalue weighted by Crippen LogP contribution is 2.17. The molecule has 3 N–H and O–H groups in total. The molecule has 10 nitrogen and oxygen atoms in total. The van der Waals surface area contributed by atoms with Gasteiger partial charge in [-0.05, 0) is 36.4 Å². The second-order valence-electron chi connectivity index (χ2n) is 6.46. The SMILES string of the molecule is Nc1nc(COC(=O)CCn2c(=O)oc3ccccc32)nc(Nc2ccc(Cl)cc2)n1. The van der Waals surface area contributed by atoms with Crippen LogP contribution >= 0.6 is 11.6 Å². The lowest BCUT2D eigenvalue weighted by Gasteiger charge is -2.08. The van der Waals surface area contributed by atoms with E-state index in [1.54, 1.807) is 48.5 Å². The van der Waals surface area contributed by atoms with Crippen molar-refractivity contribution in [2.75, 3.05) is 11.1 Å². The van der Waals surface area contributed by atoms with Crippen LogP contribution in [0.2, 0.25) is 5.02 Å². The highest BCUT2D eigenvalue weighted by molar-refractivity contribution is 6.30. The second kappa shape index (κ2) is 8.84. The van der Waals surface area contributed by atoms with Crippen LogP contribution < -0.4 is 16.8 Å². The van der Waals surface area contributed by atoms with Crippen molar-refractivity contribution in [1.29, 1.82) is 0 Å². The van der Waals surface area contributed by atoms with Gasteiger partial charge in [-0.3, -0.25) is 9.36 Å². The van der Waals surface area contributed by atoms with Crippen LogP contribution in [0.15, 0.2) is 57.7 Å². The van der Waals surface area contributed by atoms with Gasteiger partial charge in [0.05, 0.1) is 11.9 Å². The number of nitrogens with zero attached hydrogens (tertiary/aromatic N) is 4. The van der Waals surface area contributed by atoms with E-state index in [1.165, 1.54) is 4.57 Å². The summed E-state index contributed by atoms with van der Waals surface area (Å²) >= 11 is 5.87. The molecule has 0 amide bonds. The van der Waals surface area contributed by atoms with Gasteiger partial charge in [-0.2, -0.15) is 15.0 Å². The van der Waals surface area contributed by atoms with E-state index in [4.69, 9.17) is 26.5 Å². The Hall–Kier alpha value is -3.92.